The van der Waals surface area contributed by atoms with Crippen molar-refractivity contribution in [3.05, 3.63) is 34.6 Å². The van der Waals surface area contributed by atoms with Gasteiger partial charge in [0.25, 0.3) is 5.91 Å². The predicted octanol–water partition coefficient (Wildman–Crippen LogP) is 3.20. The third-order valence-electron chi connectivity index (χ3n) is 4.78. The molecule has 0 aromatic heterocycles. The highest BCUT2D eigenvalue weighted by Crippen LogP contribution is 2.19. The fraction of sp³-hybridized carbons (Fsp3) is 0.611. The fourth-order valence-electron chi connectivity index (χ4n) is 3.41. The molecule has 1 aromatic rings. The van der Waals surface area contributed by atoms with Crippen LogP contribution in [0, 0.1) is 5.82 Å². The highest BCUT2D eigenvalue weighted by Gasteiger charge is 2.23. The van der Waals surface area contributed by atoms with Gasteiger partial charge in [0.05, 0.1) is 11.1 Å². The lowest BCUT2D eigenvalue weighted by atomic mass is 10.1. The average Bonchev–Trinajstić information content (AvgIpc) is 2.83. The minimum absolute atomic E-state index is 0.00764. The lowest BCUT2D eigenvalue weighted by molar-refractivity contribution is -0.00491. The van der Waals surface area contributed by atoms with Crippen molar-refractivity contribution in [3.63, 3.8) is 0 Å². The second-order valence-corrected chi connectivity index (χ2v) is 6.97. The van der Waals surface area contributed by atoms with E-state index in [1.807, 2.05) is 4.90 Å². The van der Waals surface area contributed by atoms with Crippen molar-refractivity contribution in [2.45, 2.75) is 31.8 Å². The summed E-state index contributed by atoms with van der Waals surface area (Å²) in [6, 6.07) is 4.17. The van der Waals surface area contributed by atoms with Crippen LogP contribution in [0.5, 0.6) is 0 Å². The molecule has 0 radical (unpaired) electrons. The van der Waals surface area contributed by atoms with Gasteiger partial charge in [0.15, 0.2) is 0 Å². The first-order valence-corrected chi connectivity index (χ1v) is 9.09. The molecule has 2 aliphatic heterocycles. The zero-order valence-electron chi connectivity index (χ0n) is 13.8. The van der Waals surface area contributed by atoms with Crippen LogP contribution in [0.15, 0.2) is 18.2 Å². The summed E-state index contributed by atoms with van der Waals surface area (Å²) in [7, 11) is 0. The maximum absolute atomic E-state index is 13.3. The van der Waals surface area contributed by atoms with Crippen molar-refractivity contribution in [2.24, 2.45) is 0 Å². The Morgan fingerprint density at radius 1 is 1.21 bits per heavy atom. The maximum atomic E-state index is 13.3. The van der Waals surface area contributed by atoms with Gasteiger partial charge in [0.1, 0.15) is 5.82 Å². The molecule has 6 heteroatoms. The molecule has 0 spiro atoms. The quantitative estimate of drug-likeness (QED) is 0.835. The van der Waals surface area contributed by atoms with E-state index in [0.29, 0.717) is 18.2 Å². The standard InChI is InChI=1S/C18H24ClFN2O2/c19-16-12-14(5-6-17(16)20)18(23)22-8-3-7-21(9-10-22)13-15-4-1-2-11-24-15/h5-6,12,15H,1-4,7-11,13H2. The summed E-state index contributed by atoms with van der Waals surface area (Å²) in [6.07, 6.45) is 4.81. The summed E-state index contributed by atoms with van der Waals surface area (Å²) in [5.74, 6) is -0.574. The van der Waals surface area contributed by atoms with Gasteiger partial charge in [-0.25, -0.2) is 4.39 Å². The predicted molar refractivity (Wildman–Crippen MR) is 92.0 cm³/mol. The molecule has 1 aromatic carbocycles. The number of ether oxygens (including phenoxy) is 1. The van der Waals surface area contributed by atoms with Crippen LogP contribution < -0.4 is 0 Å². The molecule has 2 aliphatic rings. The summed E-state index contributed by atoms with van der Waals surface area (Å²) < 4.78 is 19.1. The van der Waals surface area contributed by atoms with Crippen molar-refractivity contribution < 1.29 is 13.9 Å². The van der Waals surface area contributed by atoms with E-state index in [0.717, 1.165) is 45.6 Å². The van der Waals surface area contributed by atoms with Crippen molar-refractivity contribution in [3.8, 4) is 0 Å². The zero-order valence-corrected chi connectivity index (χ0v) is 14.6. The van der Waals surface area contributed by atoms with E-state index in [2.05, 4.69) is 4.90 Å². The van der Waals surface area contributed by atoms with Crippen molar-refractivity contribution in [2.75, 3.05) is 39.3 Å². The van der Waals surface area contributed by atoms with Crippen LogP contribution in [0.1, 0.15) is 36.0 Å². The lowest BCUT2D eigenvalue weighted by Crippen LogP contribution is -2.39. The largest absolute Gasteiger partial charge is 0.377 e. The molecule has 0 N–H and O–H groups in total. The van der Waals surface area contributed by atoms with Crippen LogP contribution in [0.4, 0.5) is 4.39 Å². The Bertz CT molecular complexity index is 578. The lowest BCUT2D eigenvalue weighted by Gasteiger charge is -2.29. The van der Waals surface area contributed by atoms with Crippen LogP contribution in [0.3, 0.4) is 0 Å². The number of halogens is 2. The summed E-state index contributed by atoms with van der Waals surface area (Å²) in [5.41, 5.74) is 0.450. The Kier molecular flexibility index (Phi) is 6.09. The number of rotatable bonds is 3. The zero-order chi connectivity index (χ0) is 16.9. The monoisotopic (exact) mass is 354 g/mol. The third-order valence-corrected chi connectivity index (χ3v) is 5.07. The van der Waals surface area contributed by atoms with Gasteiger partial charge >= 0.3 is 0 Å². The molecular formula is C18H24ClFN2O2. The molecule has 0 bridgehead atoms. The van der Waals surface area contributed by atoms with Gasteiger partial charge in [0, 0.05) is 38.3 Å². The van der Waals surface area contributed by atoms with Gasteiger partial charge < -0.3 is 9.64 Å². The second kappa shape index (κ2) is 8.28. The minimum atomic E-state index is -0.497. The smallest absolute Gasteiger partial charge is 0.253 e. The minimum Gasteiger partial charge on any atom is -0.377 e. The topological polar surface area (TPSA) is 32.8 Å². The normalized spacial score (nSPS) is 23.1. The Hall–Kier alpha value is -1.17. The SMILES string of the molecule is O=C(c1ccc(F)c(Cl)c1)N1CCCN(CC2CCCCO2)CC1. The van der Waals surface area contributed by atoms with Crippen molar-refractivity contribution in [1.29, 1.82) is 0 Å². The average molecular weight is 355 g/mol. The molecule has 2 fully saturated rings. The van der Waals surface area contributed by atoms with E-state index < -0.39 is 5.82 Å². The molecule has 1 amide bonds. The Morgan fingerprint density at radius 3 is 2.83 bits per heavy atom. The van der Waals surface area contributed by atoms with Gasteiger partial charge in [-0.1, -0.05) is 11.6 Å². The van der Waals surface area contributed by atoms with Crippen LogP contribution in [-0.2, 0) is 4.74 Å². The first kappa shape index (κ1) is 17.6. The second-order valence-electron chi connectivity index (χ2n) is 6.56. The van der Waals surface area contributed by atoms with Crippen molar-refractivity contribution >= 4 is 17.5 Å². The van der Waals surface area contributed by atoms with E-state index >= 15 is 0 Å². The number of hydrogen-bond acceptors (Lipinski definition) is 3. The molecule has 2 heterocycles. The molecule has 4 nitrogen and oxygen atoms in total. The number of nitrogens with zero attached hydrogens (tertiary/aromatic N) is 2. The summed E-state index contributed by atoms with van der Waals surface area (Å²) >= 11 is 5.79. The molecule has 0 aliphatic carbocycles. The van der Waals surface area contributed by atoms with Gasteiger partial charge in [-0.15, -0.1) is 0 Å². The van der Waals surface area contributed by atoms with E-state index in [4.69, 9.17) is 16.3 Å². The van der Waals surface area contributed by atoms with E-state index in [-0.39, 0.29) is 10.9 Å². The van der Waals surface area contributed by atoms with Gasteiger partial charge in [-0.05, 0) is 50.4 Å². The summed E-state index contributed by atoms with van der Waals surface area (Å²) in [6.45, 7) is 5.05. The number of hydrogen-bond donors (Lipinski definition) is 0. The molecule has 132 valence electrons. The molecule has 3 rings (SSSR count). The number of benzene rings is 1. The highest BCUT2D eigenvalue weighted by atomic mass is 35.5. The first-order chi connectivity index (χ1) is 11.6. The number of amides is 1. The van der Waals surface area contributed by atoms with Gasteiger partial charge in [-0.2, -0.15) is 0 Å². The molecular weight excluding hydrogens is 331 g/mol. The van der Waals surface area contributed by atoms with E-state index in [1.165, 1.54) is 31.0 Å². The van der Waals surface area contributed by atoms with E-state index in [9.17, 15) is 9.18 Å². The molecule has 1 atom stereocenters. The molecule has 2 saturated heterocycles. The van der Waals surface area contributed by atoms with Crippen LogP contribution in [-0.4, -0.2) is 61.1 Å². The first-order valence-electron chi connectivity index (χ1n) is 8.72. The number of carbonyl (C=O) groups excluding carboxylic acids is 1. The Labute approximate surface area is 147 Å². The van der Waals surface area contributed by atoms with Crippen LogP contribution in [0.25, 0.3) is 0 Å². The Balaban J connectivity index is 1.56. The van der Waals surface area contributed by atoms with Crippen LogP contribution >= 0.6 is 11.6 Å². The fourth-order valence-corrected chi connectivity index (χ4v) is 3.59. The molecule has 1 unspecified atom stereocenters. The van der Waals surface area contributed by atoms with Gasteiger partial charge in [-0.3, -0.25) is 9.69 Å². The summed E-state index contributed by atoms with van der Waals surface area (Å²) in [4.78, 5) is 16.8. The number of carbonyl (C=O) groups is 1. The van der Waals surface area contributed by atoms with Gasteiger partial charge in [0.2, 0.25) is 0 Å². The van der Waals surface area contributed by atoms with Crippen LogP contribution in [0.2, 0.25) is 5.02 Å². The molecule has 24 heavy (non-hydrogen) atoms. The highest BCUT2D eigenvalue weighted by molar-refractivity contribution is 6.31. The maximum Gasteiger partial charge on any atom is 0.253 e. The Morgan fingerprint density at radius 2 is 2.08 bits per heavy atom. The summed E-state index contributed by atoms with van der Waals surface area (Å²) in [5, 5.41) is -0.00764. The van der Waals surface area contributed by atoms with Crippen molar-refractivity contribution in [1.82, 2.24) is 9.80 Å². The van der Waals surface area contributed by atoms with E-state index in [1.54, 1.807) is 0 Å². The third kappa shape index (κ3) is 4.47. The molecule has 0 saturated carbocycles.